The Morgan fingerprint density at radius 2 is 1.28 bits per heavy atom. The van der Waals surface area contributed by atoms with Gasteiger partial charge in [-0.2, -0.15) is 13.2 Å². The predicted molar refractivity (Wildman–Crippen MR) is 234 cm³/mol. The zero-order chi connectivity index (χ0) is 42.1. The molecule has 61 heavy (non-hydrogen) atoms. The van der Waals surface area contributed by atoms with Crippen LogP contribution in [0.3, 0.4) is 0 Å². The van der Waals surface area contributed by atoms with E-state index in [2.05, 4.69) is 96.5 Å². The molecule has 3 heterocycles. The summed E-state index contributed by atoms with van der Waals surface area (Å²) in [5, 5.41) is 1.96. The number of alkyl halides is 3. The standard InChI is InChI=1S/C51H47F3N2O5/c1-49(2)43-29-33(32-5-8-36(9-6-32)51(52,53)54)7-18-39(43)46-41-30-44(56-23-27-60-28-24-56)45(58-4)31-42(41)48-40(47(46)49)19-20-50(61-48,35-12-16-38(57-3)17-13-35)34-10-14-37(15-11-34)55-21-25-59-26-22-55/h5-20,29-31H,21-28H2,1-4H3. The Morgan fingerprint density at radius 1 is 0.656 bits per heavy atom. The third-order valence-corrected chi connectivity index (χ3v) is 13.0. The second kappa shape index (κ2) is 14.9. The lowest BCUT2D eigenvalue weighted by molar-refractivity contribution is -0.137. The Labute approximate surface area is 353 Å². The van der Waals surface area contributed by atoms with E-state index in [1.165, 1.54) is 0 Å². The number of rotatable bonds is 7. The van der Waals surface area contributed by atoms with E-state index in [-0.39, 0.29) is 0 Å². The van der Waals surface area contributed by atoms with E-state index in [0.29, 0.717) is 26.4 Å². The van der Waals surface area contributed by atoms with Crippen LogP contribution in [0.25, 0.3) is 39.1 Å². The predicted octanol–water partition coefficient (Wildman–Crippen LogP) is 10.9. The molecule has 0 N–H and O–H groups in total. The minimum atomic E-state index is -4.41. The van der Waals surface area contributed by atoms with Gasteiger partial charge in [-0.1, -0.05) is 68.5 Å². The van der Waals surface area contributed by atoms with Crippen LogP contribution in [0.4, 0.5) is 24.5 Å². The van der Waals surface area contributed by atoms with Gasteiger partial charge in [-0.25, -0.2) is 0 Å². The lowest BCUT2D eigenvalue weighted by Gasteiger charge is -2.39. The Hall–Kier alpha value is -5.97. The first-order valence-corrected chi connectivity index (χ1v) is 20.8. The molecule has 0 spiro atoms. The molecule has 0 bridgehead atoms. The molecule has 2 saturated heterocycles. The molecule has 3 aliphatic heterocycles. The van der Waals surface area contributed by atoms with Crippen LogP contribution in [0.2, 0.25) is 0 Å². The molecule has 0 radical (unpaired) electrons. The van der Waals surface area contributed by atoms with E-state index in [9.17, 15) is 13.2 Å². The molecule has 10 heteroatoms. The topological polar surface area (TPSA) is 52.6 Å². The average Bonchev–Trinajstić information content (AvgIpc) is 3.54. The monoisotopic (exact) mass is 824 g/mol. The first-order valence-electron chi connectivity index (χ1n) is 20.8. The second-order valence-electron chi connectivity index (χ2n) is 16.7. The minimum Gasteiger partial charge on any atom is -0.497 e. The first kappa shape index (κ1) is 39.2. The van der Waals surface area contributed by atoms with Gasteiger partial charge in [0.25, 0.3) is 0 Å². The molecule has 312 valence electrons. The Morgan fingerprint density at radius 3 is 1.90 bits per heavy atom. The van der Waals surface area contributed by atoms with Crippen LogP contribution in [0.5, 0.6) is 17.2 Å². The fourth-order valence-corrected chi connectivity index (χ4v) is 9.80. The molecule has 6 aromatic rings. The van der Waals surface area contributed by atoms with Crippen molar-refractivity contribution in [2.24, 2.45) is 0 Å². The quantitative estimate of drug-likeness (QED) is 0.159. The molecule has 0 aromatic heterocycles. The van der Waals surface area contributed by atoms with Crippen LogP contribution in [-0.2, 0) is 26.7 Å². The van der Waals surface area contributed by atoms with Gasteiger partial charge in [0, 0.05) is 59.4 Å². The highest BCUT2D eigenvalue weighted by atomic mass is 19.4. The molecule has 4 aliphatic rings. The van der Waals surface area contributed by atoms with E-state index >= 15 is 0 Å². The van der Waals surface area contributed by atoms with Gasteiger partial charge in [0.1, 0.15) is 17.2 Å². The smallest absolute Gasteiger partial charge is 0.416 e. The van der Waals surface area contributed by atoms with E-state index in [1.807, 2.05) is 18.2 Å². The number of nitrogens with zero attached hydrogens (tertiary/aromatic N) is 2. The van der Waals surface area contributed by atoms with Crippen LogP contribution in [0, 0.1) is 0 Å². The number of methoxy groups -OCH3 is 2. The molecule has 10 rings (SSSR count). The van der Waals surface area contributed by atoms with Gasteiger partial charge in [0.15, 0.2) is 5.60 Å². The average molecular weight is 825 g/mol. The number of fused-ring (bicyclic) bond motifs is 8. The zero-order valence-corrected chi connectivity index (χ0v) is 34.7. The molecule has 6 aromatic carbocycles. The lowest BCUT2D eigenvalue weighted by atomic mass is 9.76. The van der Waals surface area contributed by atoms with Crippen LogP contribution >= 0.6 is 0 Å². The summed E-state index contributed by atoms with van der Waals surface area (Å²) in [7, 11) is 3.38. The molecular weight excluding hydrogens is 778 g/mol. The van der Waals surface area contributed by atoms with Gasteiger partial charge in [-0.3, -0.25) is 0 Å². The van der Waals surface area contributed by atoms with Crippen LogP contribution < -0.4 is 24.0 Å². The summed E-state index contributed by atoms with van der Waals surface area (Å²) in [5.74, 6) is 2.25. The van der Waals surface area contributed by atoms with Gasteiger partial charge in [0.05, 0.1) is 51.9 Å². The highest BCUT2D eigenvalue weighted by Crippen LogP contribution is 2.59. The Bertz CT molecular complexity index is 2660. The summed E-state index contributed by atoms with van der Waals surface area (Å²) in [6, 6.07) is 32.8. The second-order valence-corrected chi connectivity index (χ2v) is 16.7. The molecule has 2 fully saturated rings. The Balaban J connectivity index is 1.19. The number of morpholine rings is 2. The molecule has 0 saturated carbocycles. The highest BCUT2D eigenvalue weighted by molar-refractivity contribution is 6.10. The largest absolute Gasteiger partial charge is 0.497 e. The number of ether oxygens (including phenoxy) is 5. The Kier molecular flexibility index (Phi) is 9.56. The number of halogens is 3. The van der Waals surface area contributed by atoms with Crippen molar-refractivity contribution in [3.8, 4) is 39.5 Å². The number of benzene rings is 6. The van der Waals surface area contributed by atoms with Crippen molar-refractivity contribution in [3.05, 3.63) is 143 Å². The van der Waals surface area contributed by atoms with Gasteiger partial charge >= 0.3 is 6.18 Å². The number of hydrogen-bond acceptors (Lipinski definition) is 7. The van der Waals surface area contributed by atoms with Crippen molar-refractivity contribution in [2.75, 3.05) is 76.6 Å². The maximum Gasteiger partial charge on any atom is 0.416 e. The zero-order valence-electron chi connectivity index (χ0n) is 34.7. The minimum absolute atomic E-state index is 0.516. The van der Waals surface area contributed by atoms with Gasteiger partial charge in [-0.15, -0.1) is 0 Å². The van der Waals surface area contributed by atoms with Crippen molar-refractivity contribution in [1.82, 2.24) is 0 Å². The number of hydrogen-bond donors (Lipinski definition) is 0. The summed E-state index contributed by atoms with van der Waals surface area (Å²) in [6.07, 6.45) is -0.00105. The summed E-state index contributed by atoms with van der Waals surface area (Å²) in [4.78, 5) is 4.67. The highest BCUT2D eigenvalue weighted by Gasteiger charge is 2.45. The van der Waals surface area contributed by atoms with Gasteiger partial charge in [0.2, 0.25) is 0 Å². The molecule has 1 unspecified atom stereocenters. The molecule has 0 amide bonds. The molecule has 1 aliphatic carbocycles. The SMILES string of the molecule is COc1ccc(C2(c3ccc(N4CCOCC4)cc3)C=Cc3c4c(c5cc(N6CCOCC6)c(OC)cc5c3O2)-c2ccc(-c3ccc(C(F)(F)F)cc3)cc2C4(C)C)cc1. The van der Waals surface area contributed by atoms with Crippen LogP contribution in [0.15, 0.2) is 109 Å². The third-order valence-electron chi connectivity index (χ3n) is 13.0. The molecular formula is C51H47F3N2O5. The summed E-state index contributed by atoms with van der Waals surface area (Å²) >= 11 is 0. The van der Waals surface area contributed by atoms with Gasteiger partial charge in [-0.05, 0) is 99.4 Å². The first-order chi connectivity index (χ1) is 29.5. The van der Waals surface area contributed by atoms with Crippen molar-refractivity contribution in [2.45, 2.75) is 31.0 Å². The maximum absolute atomic E-state index is 13.5. The van der Waals surface area contributed by atoms with Crippen molar-refractivity contribution >= 4 is 28.2 Å². The van der Waals surface area contributed by atoms with E-state index in [0.717, 1.165) is 128 Å². The van der Waals surface area contributed by atoms with Crippen molar-refractivity contribution in [3.63, 3.8) is 0 Å². The normalized spacial score (nSPS) is 19.3. The lowest BCUT2D eigenvalue weighted by Crippen LogP contribution is -2.37. The van der Waals surface area contributed by atoms with Crippen molar-refractivity contribution < 1.29 is 36.9 Å². The fourth-order valence-electron chi connectivity index (χ4n) is 9.80. The van der Waals surface area contributed by atoms with Crippen LogP contribution in [0.1, 0.15) is 47.2 Å². The molecule has 7 nitrogen and oxygen atoms in total. The van der Waals surface area contributed by atoms with E-state index in [4.69, 9.17) is 23.7 Å². The summed E-state index contributed by atoms with van der Waals surface area (Å²) < 4.78 is 71.4. The summed E-state index contributed by atoms with van der Waals surface area (Å²) in [5.41, 5.74) is 8.84. The van der Waals surface area contributed by atoms with Crippen LogP contribution in [-0.4, -0.2) is 66.8 Å². The van der Waals surface area contributed by atoms with E-state index in [1.54, 1.807) is 26.4 Å². The van der Waals surface area contributed by atoms with Crippen molar-refractivity contribution in [1.29, 1.82) is 0 Å². The maximum atomic E-state index is 13.5. The number of anilines is 2. The third kappa shape index (κ3) is 6.50. The van der Waals surface area contributed by atoms with E-state index < -0.39 is 22.8 Å². The fraction of sp³-hybridized carbons (Fsp3) is 0.294. The summed E-state index contributed by atoms with van der Waals surface area (Å²) in [6.45, 7) is 10.2. The molecule has 1 atom stereocenters. The van der Waals surface area contributed by atoms with Gasteiger partial charge < -0.3 is 33.5 Å².